The highest BCUT2D eigenvalue weighted by atomic mass is 35.5. The first-order valence-corrected chi connectivity index (χ1v) is 8.64. The quantitative estimate of drug-likeness (QED) is 0.814. The fourth-order valence-electron chi connectivity index (χ4n) is 3.78. The lowest BCUT2D eigenvalue weighted by Gasteiger charge is -2.36. The molecule has 3 rings (SSSR count). The second kappa shape index (κ2) is 8.63. The largest absolute Gasteiger partial charge is 0.352 e. The normalized spacial score (nSPS) is 19.8. The fraction of sp³-hybridized carbons (Fsp3) is 0.526. The van der Waals surface area contributed by atoms with Crippen LogP contribution in [0.1, 0.15) is 44.1 Å². The van der Waals surface area contributed by atoms with Crippen LogP contribution in [-0.2, 0) is 10.2 Å². The molecule has 2 N–H and O–H groups in total. The maximum atomic E-state index is 13.7. The molecule has 0 saturated heterocycles. The molecule has 1 aromatic carbocycles. The van der Waals surface area contributed by atoms with Crippen molar-refractivity contribution < 1.29 is 9.18 Å². The van der Waals surface area contributed by atoms with Crippen molar-refractivity contribution >= 4 is 18.3 Å². The molecule has 1 heterocycles. The number of rotatable bonds is 4. The van der Waals surface area contributed by atoms with Crippen LogP contribution in [0, 0.1) is 5.82 Å². The molecule has 24 heavy (non-hydrogen) atoms. The maximum Gasteiger partial charge on any atom is 0.230 e. The van der Waals surface area contributed by atoms with Gasteiger partial charge in [0.2, 0.25) is 5.91 Å². The van der Waals surface area contributed by atoms with Crippen molar-refractivity contribution in [3.8, 4) is 0 Å². The van der Waals surface area contributed by atoms with Crippen molar-refractivity contribution in [2.75, 3.05) is 19.6 Å². The topological polar surface area (TPSA) is 41.1 Å². The van der Waals surface area contributed by atoms with Crippen molar-refractivity contribution in [2.45, 2.75) is 43.9 Å². The Hall–Kier alpha value is -1.39. The van der Waals surface area contributed by atoms with Gasteiger partial charge in [-0.1, -0.05) is 43.0 Å². The van der Waals surface area contributed by atoms with Gasteiger partial charge in [0.05, 0.1) is 5.41 Å². The van der Waals surface area contributed by atoms with E-state index in [-0.39, 0.29) is 24.1 Å². The molecule has 0 aromatic heterocycles. The average molecular weight is 353 g/mol. The van der Waals surface area contributed by atoms with E-state index < -0.39 is 5.41 Å². The van der Waals surface area contributed by atoms with Crippen LogP contribution in [0.3, 0.4) is 0 Å². The van der Waals surface area contributed by atoms with Gasteiger partial charge in [-0.2, -0.15) is 0 Å². The van der Waals surface area contributed by atoms with E-state index in [2.05, 4.69) is 16.7 Å². The fourth-order valence-corrected chi connectivity index (χ4v) is 3.78. The van der Waals surface area contributed by atoms with E-state index in [4.69, 9.17) is 0 Å². The van der Waals surface area contributed by atoms with Gasteiger partial charge < -0.3 is 10.6 Å². The highest BCUT2D eigenvalue weighted by Crippen LogP contribution is 2.40. The summed E-state index contributed by atoms with van der Waals surface area (Å²) in [6, 6.07) is 6.59. The smallest absolute Gasteiger partial charge is 0.230 e. The molecular weight excluding hydrogens is 327 g/mol. The number of benzene rings is 1. The van der Waals surface area contributed by atoms with Gasteiger partial charge in [0, 0.05) is 13.1 Å². The van der Waals surface area contributed by atoms with Gasteiger partial charge in [0.25, 0.3) is 0 Å². The minimum atomic E-state index is -0.562. The van der Waals surface area contributed by atoms with Gasteiger partial charge in [0.15, 0.2) is 0 Å². The van der Waals surface area contributed by atoms with Gasteiger partial charge in [-0.3, -0.25) is 4.79 Å². The summed E-state index contributed by atoms with van der Waals surface area (Å²) < 4.78 is 13.7. The summed E-state index contributed by atoms with van der Waals surface area (Å²) in [6.45, 7) is 2.45. The van der Waals surface area contributed by atoms with Gasteiger partial charge >= 0.3 is 0 Å². The molecule has 1 saturated carbocycles. The van der Waals surface area contributed by atoms with Crippen LogP contribution >= 0.6 is 12.4 Å². The zero-order valence-electron chi connectivity index (χ0n) is 13.9. The van der Waals surface area contributed by atoms with E-state index in [9.17, 15) is 9.18 Å². The molecule has 0 unspecified atom stereocenters. The Morgan fingerprint density at radius 2 is 2.04 bits per heavy atom. The Morgan fingerprint density at radius 3 is 2.71 bits per heavy atom. The van der Waals surface area contributed by atoms with Crippen LogP contribution < -0.4 is 10.6 Å². The zero-order valence-corrected chi connectivity index (χ0v) is 14.8. The van der Waals surface area contributed by atoms with E-state index in [1.807, 2.05) is 6.07 Å². The Kier molecular flexibility index (Phi) is 6.81. The molecule has 0 atom stereocenters. The van der Waals surface area contributed by atoms with Crippen molar-refractivity contribution in [3.63, 3.8) is 0 Å². The third kappa shape index (κ3) is 4.17. The van der Waals surface area contributed by atoms with Crippen LogP contribution in [0.15, 0.2) is 35.9 Å². The molecule has 1 aromatic rings. The standard InChI is InChI=1S/C19H25FN2O.ClH/c20-17-6-4-5-16(13-17)19(9-2-1-3-10-19)18(23)22-14-15-7-11-21-12-8-15;/h4-7,13,21H,1-3,8-12,14H2,(H,22,23);1H. The van der Waals surface area contributed by atoms with Crippen LogP contribution in [0.5, 0.6) is 0 Å². The molecule has 0 radical (unpaired) electrons. The third-order valence-electron chi connectivity index (χ3n) is 5.15. The van der Waals surface area contributed by atoms with Crippen LogP contribution in [0.4, 0.5) is 4.39 Å². The molecule has 1 fully saturated rings. The molecule has 0 spiro atoms. The summed E-state index contributed by atoms with van der Waals surface area (Å²) in [5.74, 6) is -0.205. The van der Waals surface area contributed by atoms with Gasteiger partial charge in [0.1, 0.15) is 5.82 Å². The second-order valence-corrected chi connectivity index (χ2v) is 6.65. The van der Waals surface area contributed by atoms with Crippen molar-refractivity contribution in [1.82, 2.24) is 10.6 Å². The van der Waals surface area contributed by atoms with Gasteiger partial charge in [-0.15, -0.1) is 12.4 Å². The van der Waals surface area contributed by atoms with E-state index in [1.165, 1.54) is 17.7 Å². The number of hydrogen-bond donors (Lipinski definition) is 2. The molecule has 1 aliphatic carbocycles. The zero-order chi connectivity index (χ0) is 16.1. The maximum absolute atomic E-state index is 13.7. The van der Waals surface area contributed by atoms with Crippen LogP contribution in [0.25, 0.3) is 0 Å². The minimum absolute atomic E-state index is 0. The predicted molar refractivity (Wildman–Crippen MR) is 97.0 cm³/mol. The Morgan fingerprint density at radius 1 is 1.25 bits per heavy atom. The summed E-state index contributed by atoms with van der Waals surface area (Å²) in [7, 11) is 0. The van der Waals surface area contributed by atoms with Crippen molar-refractivity contribution in [2.24, 2.45) is 0 Å². The molecule has 1 amide bonds. The van der Waals surface area contributed by atoms with E-state index in [0.29, 0.717) is 6.54 Å². The lowest BCUT2D eigenvalue weighted by atomic mass is 9.68. The molecule has 132 valence electrons. The molecule has 0 bridgehead atoms. The average Bonchev–Trinajstić information content (AvgIpc) is 2.61. The summed E-state index contributed by atoms with van der Waals surface area (Å²) in [6.07, 6.45) is 7.95. The van der Waals surface area contributed by atoms with Crippen LogP contribution in [-0.4, -0.2) is 25.5 Å². The van der Waals surface area contributed by atoms with Crippen molar-refractivity contribution in [1.29, 1.82) is 0 Å². The highest BCUT2D eigenvalue weighted by Gasteiger charge is 2.41. The lowest BCUT2D eigenvalue weighted by Crippen LogP contribution is -2.46. The SMILES string of the molecule is Cl.O=C(NCC1=CCNCC1)C1(c2cccc(F)c2)CCCCC1. The molecule has 2 aliphatic rings. The summed E-state index contributed by atoms with van der Waals surface area (Å²) in [4.78, 5) is 13.0. The van der Waals surface area contributed by atoms with E-state index in [0.717, 1.165) is 57.2 Å². The first kappa shape index (κ1) is 18.9. The summed E-state index contributed by atoms with van der Waals surface area (Å²) in [5.41, 5.74) is 1.55. The Balaban J connectivity index is 0.00000208. The first-order chi connectivity index (χ1) is 11.2. The summed E-state index contributed by atoms with van der Waals surface area (Å²) >= 11 is 0. The predicted octanol–water partition coefficient (Wildman–Crippen LogP) is 3.49. The lowest BCUT2D eigenvalue weighted by molar-refractivity contribution is -0.127. The molecule has 1 aliphatic heterocycles. The number of carbonyl (C=O) groups excluding carboxylic acids is 1. The molecular formula is C19H26ClFN2O. The second-order valence-electron chi connectivity index (χ2n) is 6.65. The Labute approximate surface area is 149 Å². The summed E-state index contributed by atoms with van der Waals surface area (Å²) in [5, 5.41) is 6.40. The Bertz CT molecular complexity index is 597. The number of nitrogens with one attached hydrogen (secondary N) is 2. The first-order valence-electron chi connectivity index (χ1n) is 8.64. The van der Waals surface area contributed by atoms with Crippen LogP contribution in [0.2, 0.25) is 0 Å². The minimum Gasteiger partial charge on any atom is -0.352 e. The number of carbonyl (C=O) groups is 1. The molecule has 5 heteroatoms. The number of halogens is 2. The van der Waals surface area contributed by atoms with E-state index in [1.54, 1.807) is 6.07 Å². The number of amides is 1. The molecule has 3 nitrogen and oxygen atoms in total. The number of hydrogen-bond acceptors (Lipinski definition) is 2. The monoisotopic (exact) mass is 352 g/mol. The van der Waals surface area contributed by atoms with E-state index >= 15 is 0 Å². The van der Waals surface area contributed by atoms with Gasteiger partial charge in [-0.25, -0.2) is 4.39 Å². The highest BCUT2D eigenvalue weighted by molar-refractivity contribution is 5.88. The van der Waals surface area contributed by atoms with Crippen molar-refractivity contribution in [3.05, 3.63) is 47.3 Å². The van der Waals surface area contributed by atoms with Gasteiger partial charge in [-0.05, 0) is 43.5 Å². The third-order valence-corrected chi connectivity index (χ3v) is 5.15.